The number of pyridine rings is 1. The van der Waals surface area contributed by atoms with Gasteiger partial charge in [0.05, 0.1) is 0 Å². The summed E-state index contributed by atoms with van der Waals surface area (Å²) in [4.78, 5) is 6.30. The summed E-state index contributed by atoms with van der Waals surface area (Å²) in [5.41, 5.74) is 3.93. The fourth-order valence-corrected chi connectivity index (χ4v) is 2.27. The molecule has 3 heteroatoms. The van der Waals surface area contributed by atoms with Crippen LogP contribution in [0.5, 0.6) is 0 Å². The Labute approximate surface area is 99.5 Å². The van der Waals surface area contributed by atoms with E-state index in [9.17, 15) is 0 Å². The zero-order valence-electron chi connectivity index (χ0n) is 8.73. The van der Waals surface area contributed by atoms with Crippen LogP contribution >= 0.6 is 11.6 Å². The molecule has 1 aromatic heterocycles. The molecule has 0 saturated carbocycles. The first-order valence-corrected chi connectivity index (χ1v) is 5.64. The number of nitrogens with zero attached hydrogens (tertiary/aromatic N) is 2. The molecule has 0 saturated heterocycles. The monoisotopic (exact) mass is 230 g/mol. The highest BCUT2D eigenvalue weighted by molar-refractivity contribution is 6.29. The predicted molar refractivity (Wildman–Crippen MR) is 65.6 cm³/mol. The highest BCUT2D eigenvalue weighted by atomic mass is 35.5. The molecule has 1 aromatic carbocycles. The van der Waals surface area contributed by atoms with Crippen LogP contribution in [0.3, 0.4) is 0 Å². The molecule has 0 amide bonds. The summed E-state index contributed by atoms with van der Waals surface area (Å²) in [7, 11) is 0. The number of anilines is 1. The summed E-state index contributed by atoms with van der Waals surface area (Å²) in [6.07, 6.45) is 1.75. The maximum Gasteiger partial charge on any atom is 0.131 e. The molecule has 0 atom stereocenters. The van der Waals surface area contributed by atoms with Gasteiger partial charge < -0.3 is 4.90 Å². The van der Waals surface area contributed by atoms with E-state index < -0.39 is 0 Å². The molecule has 0 aliphatic carbocycles. The van der Waals surface area contributed by atoms with E-state index in [0.29, 0.717) is 5.15 Å². The van der Waals surface area contributed by atoms with Gasteiger partial charge in [0.25, 0.3) is 0 Å². The zero-order chi connectivity index (χ0) is 11.0. The lowest BCUT2D eigenvalue weighted by Gasteiger charge is -2.17. The van der Waals surface area contributed by atoms with Crippen LogP contribution in [0.15, 0.2) is 42.6 Å². The Bertz CT molecular complexity index is 500. The van der Waals surface area contributed by atoms with Crippen molar-refractivity contribution in [2.45, 2.75) is 13.1 Å². The van der Waals surface area contributed by atoms with Crippen LogP contribution in [0.25, 0.3) is 0 Å². The van der Waals surface area contributed by atoms with Crippen molar-refractivity contribution >= 4 is 17.3 Å². The topological polar surface area (TPSA) is 16.1 Å². The van der Waals surface area contributed by atoms with E-state index in [-0.39, 0.29) is 0 Å². The molecule has 3 rings (SSSR count). The first-order valence-electron chi connectivity index (χ1n) is 5.26. The average Bonchev–Trinajstić information content (AvgIpc) is 2.72. The van der Waals surface area contributed by atoms with Crippen LogP contribution in [0.2, 0.25) is 5.15 Å². The highest BCUT2D eigenvalue weighted by Gasteiger charge is 2.18. The van der Waals surface area contributed by atoms with Crippen LogP contribution in [0.4, 0.5) is 5.69 Å². The third-order valence-electron chi connectivity index (χ3n) is 2.92. The summed E-state index contributed by atoms with van der Waals surface area (Å²) in [6.45, 7) is 1.91. The molecule has 1 aliphatic heterocycles. The fourth-order valence-electron chi connectivity index (χ4n) is 2.10. The number of benzene rings is 1. The maximum absolute atomic E-state index is 5.90. The number of hydrogen-bond acceptors (Lipinski definition) is 2. The third-order valence-corrected chi connectivity index (χ3v) is 3.12. The number of rotatable bonds is 1. The van der Waals surface area contributed by atoms with Gasteiger partial charge in [0.15, 0.2) is 0 Å². The lowest BCUT2D eigenvalue weighted by molar-refractivity contribution is 0.878. The van der Waals surface area contributed by atoms with Gasteiger partial charge in [-0.25, -0.2) is 4.98 Å². The zero-order valence-corrected chi connectivity index (χ0v) is 9.48. The quantitative estimate of drug-likeness (QED) is 0.699. The Hall–Kier alpha value is -1.54. The summed E-state index contributed by atoms with van der Waals surface area (Å²) in [6, 6.07) is 12.4. The number of hydrogen-bond donors (Lipinski definition) is 0. The second kappa shape index (κ2) is 3.80. The van der Waals surface area contributed by atoms with Crippen molar-refractivity contribution in [3.8, 4) is 0 Å². The van der Waals surface area contributed by atoms with Gasteiger partial charge in [-0.1, -0.05) is 35.9 Å². The normalized spacial score (nSPS) is 13.9. The Balaban J connectivity index is 1.91. The maximum atomic E-state index is 5.90. The standard InChI is InChI=1S/C13H11ClN2/c14-13-7-12(5-6-15-13)16-8-10-3-1-2-4-11(10)9-16/h1-7H,8-9H2. The summed E-state index contributed by atoms with van der Waals surface area (Å²) < 4.78 is 0. The Morgan fingerprint density at radius 1 is 1.06 bits per heavy atom. The minimum Gasteiger partial charge on any atom is -0.363 e. The lowest BCUT2D eigenvalue weighted by Crippen LogP contribution is -2.14. The minimum absolute atomic E-state index is 0.549. The smallest absolute Gasteiger partial charge is 0.131 e. The van der Waals surface area contributed by atoms with E-state index in [1.165, 1.54) is 11.1 Å². The number of aromatic nitrogens is 1. The molecule has 0 unspecified atom stereocenters. The molecule has 0 spiro atoms. The number of halogens is 1. The Morgan fingerprint density at radius 3 is 2.38 bits per heavy atom. The molecular formula is C13H11ClN2. The van der Waals surface area contributed by atoms with Crippen molar-refractivity contribution in [2.24, 2.45) is 0 Å². The molecule has 0 fully saturated rings. The van der Waals surface area contributed by atoms with Crippen LogP contribution in [0.1, 0.15) is 11.1 Å². The van der Waals surface area contributed by atoms with Crippen molar-refractivity contribution in [1.82, 2.24) is 4.98 Å². The third kappa shape index (κ3) is 1.65. The van der Waals surface area contributed by atoms with Crippen molar-refractivity contribution in [3.05, 3.63) is 58.9 Å². The summed E-state index contributed by atoms with van der Waals surface area (Å²) in [5.74, 6) is 0. The molecule has 2 nitrogen and oxygen atoms in total. The predicted octanol–water partition coefficient (Wildman–Crippen LogP) is 3.26. The van der Waals surface area contributed by atoms with Gasteiger partial charge in [-0.05, 0) is 23.3 Å². The van der Waals surface area contributed by atoms with Crippen LogP contribution < -0.4 is 4.90 Å². The lowest BCUT2D eigenvalue weighted by atomic mass is 10.1. The van der Waals surface area contributed by atoms with Crippen LogP contribution in [0, 0.1) is 0 Å². The first-order chi connectivity index (χ1) is 7.83. The van der Waals surface area contributed by atoms with Gasteiger partial charge in [-0.2, -0.15) is 0 Å². The van der Waals surface area contributed by atoms with E-state index >= 15 is 0 Å². The molecule has 80 valence electrons. The van der Waals surface area contributed by atoms with E-state index in [1.807, 2.05) is 12.1 Å². The van der Waals surface area contributed by atoms with Gasteiger partial charge in [-0.15, -0.1) is 0 Å². The fraction of sp³-hybridized carbons (Fsp3) is 0.154. The van der Waals surface area contributed by atoms with Crippen LogP contribution in [-0.2, 0) is 13.1 Å². The van der Waals surface area contributed by atoms with Crippen molar-refractivity contribution < 1.29 is 0 Å². The molecule has 16 heavy (non-hydrogen) atoms. The van der Waals surface area contributed by atoms with Gasteiger partial charge >= 0.3 is 0 Å². The number of fused-ring (bicyclic) bond motifs is 1. The minimum atomic E-state index is 0.549. The van der Waals surface area contributed by atoms with Gasteiger partial charge in [0.2, 0.25) is 0 Å². The molecule has 2 heterocycles. The first kappa shape index (κ1) is 9.67. The largest absolute Gasteiger partial charge is 0.363 e. The molecule has 0 N–H and O–H groups in total. The highest BCUT2D eigenvalue weighted by Crippen LogP contribution is 2.28. The van der Waals surface area contributed by atoms with E-state index in [1.54, 1.807) is 6.20 Å². The Morgan fingerprint density at radius 2 is 1.75 bits per heavy atom. The molecule has 0 radical (unpaired) electrons. The molecule has 1 aliphatic rings. The second-order valence-electron chi connectivity index (χ2n) is 3.96. The van der Waals surface area contributed by atoms with E-state index in [4.69, 9.17) is 11.6 Å². The molecular weight excluding hydrogens is 220 g/mol. The van der Waals surface area contributed by atoms with Gasteiger partial charge in [0, 0.05) is 25.0 Å². The summed E-state index contributed by atoms with van der Waals surface area (Å²) in [5, 5.41) is 0.549. The van der Waals surface area contributed by atoms with Crippen molar-refractivity contribution in [2.75, 3.05) is 4.90 Å². The van der Waals surface area contributed by atoms with Gasteiger partial charge in [-0.3, -0.25) is 0 Å². The van der Waals surface area contributed by atoms with Crippen LogP contribution in [-0.4, -0.2) is 4.98 Å². The molecule has 0 bridgehead atoms. The second-order valence-corrected chi connectivity index (χ2v) is 4.35. The molecule has 2 aromatic rings. The summed E-state index contributed by atoms with van der Waals surface area (Å²) >= 11 is 5.90. The van der Waals surface area contributed by atoms with E-state index in [0.717, 1.165) is 18.8 Å². The van der Waals surface area contributed by atoms with Crippen molar-refractivity contribution in [1.29, 1.82) is 0 Å². The SMILES string of the molecule is Clc1cc(N2Cc3ccccc3C2)ccn1. The Kier molecular flexibility index (Phi) is 2.29. The average molecular weight is 231 g/mol. The van der Waals surface area contributed by atoms with Gasteiger partial charge in [0.1, 0.15) is 5.15 Å². The van der Waals surface area contributed by atoms with E-state index in [2.05, 4.69) is 34.1 Å². The van der Waals surface area contributed by atoms with Crippen molar-refractivity contribution in [3.63, 3.8) is 0 Å².